The van der Waals surface area contributed by atoms with Gasteiger partial charge >= 0.3 is 41.9 Å². The second-order valence-electron chi connectivity index (χ2n) is 5.20. The van der Waals surface area contributed by atoms with Gasteiger partial charge < -0.3 is 5.11 Å². The van der Waals surface area contributed by atoms with Crippen molar-refractivity contribution in [2.24, 2.45) is 5.92 Å². The van der Waals surface area contributed by atoms with Gasteiger partial charge in [-0.05, 0) is 0 Å². The van der Waals surface area contributed by atoms with Crippen molar-refractivity contribution in [3.8, 4) is 0 Å². The largest absolute Gasteiger partial charge is 0.455 e. The summed E-state index contributed by atoms with van der Waals surface area (Å²) in [6, 6.07) is 0. The van der Waals surface area contributed by atoms with Crippen LogP contribution in [-0.4, -0.2) is 53.2 Å². The normalized spacial score (nSPS) is 20.2. The minimum atomic E-state index is -8.21. The molecule has 164 valence electrons. The van der Waals surface area contributed by atoms with Crippen LogP contribution in [-0.2, 0) is 0 Å². The van der Waals surface area contributed by atoms with Gasteiger partial charge in [0.1, 0.15) is 0 Å². The fourth-order valence-electron chi connectivity index (χ4n) is 1.45. The van der Waals surface area contributed by atoms with Gasteiger partial charge in [-0.25, -0.2) is 4.39 Å². The summed E-state index contributed by atoms with van der Waals surface area (Å²) in [5, 5.41) is 7.85. The Morgan fingerprint density at radius 3 is 1.19 bits per heavy atom. The summed E-state index contributed by atoms with van der Waals surface area (Å²) in [6.45, 7) is -0.591. The third-order valence-electron chi connectivity index (χ3n) is 3.30. The fourth-order valence-corrected chi connectivity index (χ4v) is 1.45. The lowest BCUT2D eigenvalue weighted by molar-refractivity contribution is -0.460. The molecular weight excluding hydrogens is 440 g/mol. The molecule has 0 aromatic carbocycles. The molecule has 0 saturated carbocycles. The zero-order valence-corrected chi connectivity index (χ0v) is 12.1. The lowest BCUT2D eigenvalue weighted by Gasteiger charge is -2.41. The van der Waals surface area contributed by atoms with Crippen molar-refractivity contribution in [3.05, 3.63) is 0 Å². The van der Waals surface area contributed by atoms with E-state index in [0.717, 1.165) is 0 Å². The molecule has 0 aliphatic carbocycles. The van der Waals surface area contributed by atoms with Crippen molar-refractivity contribution < 1.29 is 75.4 Å². The first-order chi connectivity index (χ1) is 11.3. The number of rotatable bonds is 6. The van der Waals surface area contributed by atoms with Crippen LogP contribution in [0.5, 0.6) is 0 Å². The van der Waals surface area contributed by atoms with Gasteiger partial charge in [0.2, 0.25) is 0 Å². The molecule has 0 rings (SSSR count). The Kier molecular flexibility index (Phi) is 6.16. The highest BCUT2D eigenvalue weighted by Gasteiger charge is 2.91. The van der Waals surface area contributed by atoms with Crippen molar-refractivity contribution in [1.29, 1.82) is 0 Å². The molecule has 0 aliphatic rings. The van der Waals surface area contributed by atoms with Gasteiger partial charge in [0.25, 0.3) is 0 Å². The SMILES string of the molecule is CC(C(F)C(F)(F)C(F)(F)C(F)(F)C(F)(F)C(O)(F)C(F)(F)F)C(F)(F)F. The van der Waals surface area contributed by atoms with Crippen LogP contribution < -0.4 is 0 Å². The Bertz CT molecular complexity index is 528. The first kappa shape index (κ1) is 25.8. The van der Waals surface area contributed by atoms with Crippen LogP contribution in [0, 0.1) is 5.92 Å². The molecule has 1 N–H and O–H groups in total. The summed E-state index contributed by atoms with van der Waals surface area (Å²) in [4.78, 5) is 0. The van der Waals surface area contributed by atoms with Gasteiger partial charge in [-0.1, -0.05) is 6.92 Å². The Labute approximate surface area is 137 Å². The van der Waals surface area contributed by atoms with Crippen molar-refractivity contribution in [2.45, 2.75) is 55.0 Å². The zero-order chi connectivity index (χ0) is 22.7. The number of hydrogen-bond donors (Lipinski definition) is 1. The molecule has 1 nitrogen and oxygen atoms in total. The van der Waals surface area contributed by atoms with Crippen molar-refractivity contribution in [2.75, 3.05) is 0 Å². The highest BCUT2D eigenvalue weighted by Crippen LogP contribution is 2.60. The summed E-state index contributed by atoms with van der Waals surface area (Å²) in [5.41, 5.74) is 0. The van der Waals surface area contributed by atoms with Crippen LogP contribution in [0.15, 0.2) is 0 Å². The van der Waals surface area contributed by atoms with E-state index in [9.17, 15) is 70.2 Å². The predicted octanol–water partition coefficient (Wildman–Crippen LogP) is 5.28. The van der Waals surface area contributed by atoms with E-state index in [1.165, 1.54) is 0 Å². The van der Waals surface area contributed by atoms with E-state index in [0.29, 0.717) is 0 Å². The van der Waals surface area contributed by atoms with Gasteiger partial charge in [-0.3, -0.25) is 0 Å². The molecule has 27 heavy (non-hydrogen) atoms. The smallest absolute Gasteiger partial charge is 0.350 e. The van der Waals surface area contributed by atoms with Crippen molar-refractivity contribution in [1.82, 2.24) is 0 Å². The summed E-state index contributed by atoms with van der Waals surface area (Å²) in [5.74, 6) is -43.4. The van der Waals surface area contributed by atoms with Crippen LogP contribution in [0.2, 0.25) is 0 Å². The highest BCUT2D eigenvalue weighted by atomic mass is 19.4. The van der Waals surface area contributed by atoms with Crippen LogP contribution in [0.3, 0.4) is 0 Å². The zero-order valence-electron chi connectivity index (χ0n) is 12.1. The summed E-state index contributed by atoms with van der Waals surface area (Å²) in [7, 11) is 0. The third kappa shape index (κ3) is 3.62. The first-order valence-corrected chi connectivity index (χ1v) is 6.01. The third-order valence-corrected chi connectivity index (χ3v) is 3.30. The van der Waals surface area contributed by atoms with Gasteiger partial charge in [0.15, 0.2) is 6.17 Å². The van der Waals surface area contributed by atoms with E-state index in [1.807, 2.05) is 0 Å². The number of halogens is 16. The maximum Gasteiger partial charge on any atom is 0.455 e. The molecule has 0 aliphatic heterocycles. The van der Waals surface area contributed by atoms with Gasteiger partial charge in [0.05, 0.1) is 5.92 Å². The van der Waals surface area contributed by atoms with Gasteiger partial charge in [-0.2, -0.15) is 65.9 Å². The molecule has 17 heteroatoms. The molecule has 0 bridgehead atoms. The van der Waals surface area contributed by atoms with E-state index in [4.69, 9.17) is 5.11 Å². The lowest BCUT2D eigenvalue weighted by atomic mass is 9.88. The minimum Gasteiger partial charge on any atom is -0.350 e. The maximum absolute atomic E-state index is 13.2. The quantitative estimate of drug-likeness (QED) is 0.551. The molecule has 0 saturated heterocycles. The Morgan fingerprint density at radius 1 is 0.593 bits per heavy atom. The molecule has 0 spiro atoms. The van der Waals surface area contributed by atoms with E-state index < -0.39 is 60.9 Å². The topological polar surface area (TPSA) is 20.2 Å². The van der Waals surface area contributed by atoms with Crippen LogP contribution >= 0.6 is 0 Å². The highest BCUT2D eigenvalue weighted by molar-refractivity contribution is 5.12. The van der Waals surface area contributed by atoms with Gasteiger partial charge in [-0.15, -0.1) is 0 Å². The first-order valence-electron chi connectivity index (χ1n) is 6.01. The molecule has 0 heterocycles. The summed E-state index contributed by atoms with van der Waals surface area (Å²) in [6.07, 6.45) is -18.9. The molecule has 0 aromatic rings. The Hall–Kier alpha value is -1.16. The molecule has 3 unspecified atom stereocenters. The van der Waals surface area contributed by atoms with Gasteiger partial charge in [0, 0.05) is 0 Å². The van der Waals surface area contributed by atoms with Crippen molar-refractivity contribution >= 4 is 0 Å². The summed E-state index contributed by atoms with van der Waals surface area (Å²) >= 11 is 0. The summed E-state index contributed by atoms with van der Waals surface area (Å²) < 4.78 is 202. The van der Waals surface area contributed by atoms with E-state index in [-0.39, 0.29) is 0 Å². The van der Waals surface area contributed by atoms with Crippen LogP contribution in [0.4, 0.5) is 70.2 Å². The predicted molar refractivity (Wildman–Crippen MR) is 52.0 cm³/mol. The molecule has 0 amide bonds. The maximum atomic E-state index is 13.2. The Balaban J connectivity index is 6.39. The van der Waals surface area contributed by atoms with Crippen LogP contribution in [0.1, 0.15) is 6.92 Å². The molecule has 0 aromatic heterocycles. The van der Waals surface area contributed by atoms with Crippen LogP contribution in [0.25, 0.3) is 0 Å². The van der Waals surface area contributed by atoms with E-state index >= 15 is 0 Å². The average Bonchev–Trinajstić information content (AvgIpc) is 2.42. The van der Waals surface area contributed by atoms with E-state index in [2.05, 4.69) is 0 Å². The molecule has 0 radical (unpaired) electrons. The second kappa shape index (κ2) is 6.43. The number of alkyl halides is 16. The standard InChI is InChI=1S/C10H6F16O/c1-2(5(14,15)16)3(11)4(12,13)6(17,18)7(19,20)8(21,22)9(23,27)10(24,25)26/h2-3,27H,1H3. The number of hydrogen-bond acceptors (Lipinski definition) is 1. The molecule has 3 atom stereocenters. The molecular formula is C10H6F16O. The average molecular weight is 446 g/mol. The molecule has 0 fully saturated rings. The Morgan fingerprint density at radius 2 is 0.926 bits per heavy atom. The monoisotopic (exact) mass is 446 g/mol. The number of aliphatic hydroxyl groups is 1. The van der Waals surface area contributed by atoms with Crippen molar-refractivity contribution in [3.63, 3.8) is 0 Å². The minimum absolute atomic E-state index is 0.591. The fraction of sp³-hybridized carbons (Fsp3) is 1.00. The van der Waals surface area contributed by atoms with E-state index in [1.54, 1.807) is 0 Å². The second-order valence-corrected chi connectivity index (χ2v) is 5.20. The lowest BCUT2D eigenvalue weighted by Crippen LogP contribution is -2.73.